The van der Waals surface area contributed by atoms with Crippen molar-refractivity contribution in [2.75, 3.05) is 13.1 Å². The third-order valence-corrected chi connectivity index (χ3v) is 9.77. The van der Waals surface area contributed by atoms with Crippen LogP contribution in [0.3, 0.4) is 0 Å². The number of rotatable bonds is 7. The molecule has 0 radical (unpaired) electrons. The summed E-state index contributed by atoms with van der Waals surface area (Å²) in [7, 11) is 0. The van der Waals surface area contributed by atoms with E-state index in [0.717, 1.165) is 24.0 Å². The van der Waals surface area contributed by atoms with Crippen LogP contribution in [0, 0.1) is 22.6 Å². The summed E-state index contributed by atoms with van der Waals surface area (Å²) in [5.41, 5.74) is 0.848. The van der Waals surface area contributed by atoms with Crippen molar-refractivity contribution >= 4 is 22.7 Å². The fraction of sp³-hybridized carbons (Fsp3) is 0.471. The van der Waals surface area contributed by atoms with Crippen LogP contribution in [0.2, 0.25) is 0 Å². The van der Waals surface area contributed by atoms with Crippen molar-refractivity contribution in [3.63, 3.8) is 0 Å². The third-order valence-electron chi connectivity index (χ3n) is 9.77. The first-order valence-corrected chi connectivity index (χ1v) is 14.8. The van der Waals surface area contributed by atoms with Gasteiger partial charge in [-0.15, -0.1) is 0 Å². The normalized spacial score (nSPS) is 23.0. The molecule has 0 saturated carbocycles. The lowest BCUT2D eigenvalue weighted by molar-refractivity contribution is -0.134. The average Bonchev–Trinajstić information content (AvgIpc) is 2.97. The minimum Gasteiger partial charge on any atom is -0.384 e. The fourth-order valence-corrected chi connectivity index (χ4v) is 6.83. The molecule has 0 bridgehead atoms. The lowest BCUT2D eigenvalue weighted by Crippen LogP contribution is -2.55. The molecule has 2 saturated heterocycles. The summed E-state index contributed by atoms with van der Waals surface area (Å²) in [6, 6.07) is 15.8. The van der Waals surface area contributed by atoms with Crippen molar-refractivity contribution < 1.29 is 19.1 Å². The first-order valence-electron chi connectivity index (χ1n) is 14.8. The molecule has 42 heavy (non-hydrogen) atoms. The molecule has 7 nitrogen and oxygen atoms in total. The summed E-state index contributed by atoms with van der Waals surface area (Å²) in [4.78, 5) is 30.7. The van der Waals surface area contributed by atoms with Crippen LogP contribution in [-0.4, -0.2) is 39.9 Å². The molecular formula is C34H39FN4O3. The van der Waals surface area contributed by atoms with Crippen molar-refractivity contribution in [1.82, 2.24) is 15.2 Å². The van der Waals surface area contributed by atoms with E-state index in [0.29, 0.717) is 43.6 Å². The molecule has 3 heterocycles. The maximum absolute atomic E-state index is 16.2. The van der Waals surface area contributed by atoms with Gasteiger partial charge in [-0.2, -0.15) is 5.26 Å². The molecule has 2 aliphatic heterocycles. The van der Waals surface area contributed by atoms with Gasteiger partial charge in [0.25, 0.3) is 0 Å². The van der Waals surface area contributed by atoms with Gasteiger partial charge in [-0.25, -0.2) is 4.39 Å². The molecule has 2 aliphatic rings. The third kappa shape index (κ3) is 5.10. The molecule has 5 rings (SSSR count). The van der Waals surface area contributed by atoms with Gasteiger partial charge < -0.3 is 5.11 Å². The summed E-state index contributed by atoms with van der Waals surface area (Å²) >= 11 is 0. The molecule has 2 aromatic carbocycles. The van der Waals surface area contributed by atoms with Gasteiger partial charge in [0.1, 0.15) is 5.82 Å². The zero-order chi connectivity index (χ0) is 30.3. The predicted octanol–water partition coefficient (Wildman–Crippen LogP) is 5.60. The summed E-state index contributed by atoms with van der Waals surface area (Å²) in [5.74, 6) is -1.80. The number of imide groups is 1. The molecule has 0 aliphatic carbocycles. The number of benzene rings is 2. The molecule has 2 fully saturated rings. The lowest BCUT2D eigenvalue weighted by atomic mass is 9.66. The summed E-state index contributed by atoms with van der Waals surface area (Å²) in [5, 5.41) is 24.5. The highest BCUT2D eigenvalue weighted by Gasteiger charge is 2.50. The van der Waals surface area contributed by atoms with Crippen LogP contribution < -0.4 is 5.32 Å². The Bertz CT molecular complexity index is 1560. The van der Waals surface area contributed by atoms with Crippen molar-refractivity contribution in [2.45, 2.75) is 83.3 Å². The van der Waals surface area contributed by atoms with E-state index in [2.05, 4.69) is 45.5 Å². The number of fused-ring (bicyclic) bond motifs is 1. The van der Waals surface area contributed by atoms with Gasteiger partial charge in [0.2, 0.25) is 11.8 Å². The van der Waals surface area contributed by atoms with Gasteiger partial charge >= 0.3 is 0 Å². The number of carbonyl (C=O) groups is 2. The van der Waals surface area contributed by atoms with Gasteiger partial charge in [-0.3, -0.25) is 24.8 Å². The Morgan fingerprint density at radius 2 is 1.88 bits per heavy atom. The Morgan fingerprint density at radius 3 is 2.50 bits per heavy atom. The summed E-state index contributed by atoms with van der Waals surface area (Å²) < 4.78 is 16.2. The largest absolute Gasteiger partial charge is 0.384 e. The second-order valence-electron chi connectivity index (χ2n) is 12.6. The Hall–Kier alpha value is -3.67. The Labute approximate surface area is 246 Å². The minimum atomic E-state index is -1.41. The van der Waals surface area contributed by atoms with Crippen LogP contribution >= 0.6 is 0 Å². The Morgan fingerprint density at radius 1 is 1.17 bits per heavy atom. The molecule has 2 amide bonds. The maximum Gasteiger partial charge on any atom is 0.234 e. The smallest absolute Gasteiger partial charge is 0.234 e. The van der Waals surface area contributed by atoms with Gasteiger partial charge in [0.15, 0.2) is 0 Å². The average molecular weight is 571 g/mol. The number of pyridine rings is 1. The highest BCUT2D eigenvalue weighted by molar-refractivity contribution is 6.01. The van der Waals surface area contributed by atoms with Crippen LogP contribution in [0.25, 0.3) is 10.9 Å². The molecule has 1 unspecified atom stereocenters. The van der Waals surface area contributed by atoms with Gasteiger partial charge in [0.05, 0.1) is 28.5 Å². The van der Waals surface area contributed by atoms with E-state index in [1.165, 1.54) is 0 Å². The highest BCUT2D eigenvalue weighted by Crippen LogP contribution is 2.48. The first-order chi connectivity index (χ1) is 20.0. The lowest BCUT2D eigenvalue weighted by Gasteiger charge is -2.50. The van der Waals surface area contributed by atoms with E-state index in [4.69, 9.17) is 0 Å². The minimum absolute atomic E-state index is 0.226. The predicted molar refractivity (Wildman–Crippen MR) is 159 cm³/mol. The van der Waals surface area contributed by atoms with E-state index < -0.39 is 34.1 Å². The topological polar surface area (TPSA) is 106 Å². The monoisotopic (exact) mass is 570 g/mol. The number of nitrogens with one attached hydrogen (secondary N) is 1. The Balaban J connectivity index is 1.37. The quantitative estimate of drug-likeness (QED) is 0.359. The van der Waals surface area contributed by atoms with Crippen LogP contribution in [0.4, 0.5) is 4.39 Å². The molecule has 2 N–H and O–H groups in total. The molecule has 8 heteroatoms. The van der Waals surface area contributed by atoms with Crippen molar-refractivity contribution in [3.8, 4) is 6.07 Å². The molecule has 2 atom stereocenters. The number of hydrogen-bond donors (Lipinski definition) is 2. The first kappa shape index (κ1) is 29.8. The van der Waals surface area contributed by atoms with E-state index in [1.54, 1.807) is 24.4 Å². The summed E-state index contributed by atoms with van der Waals surface area (Å²) in [6.07, 6.45) is 4.02. The van der Waals surface area contributed by atoms with E-state index in [-0.39, 0.29) is 23.3 Å². The molecule has 3 aromatic rings. The number of likely N-dealkylation sites (tertiary alicyclic amines) is 1. The van der Waals surface area contributed by atoms with E-state index in [9.17, 15) is 20.0 Å². The van der Waals surface area contributed by atoms with Crippen LogP contribution in [0.5, 0.6) is 0 Å². The van der Waals surface area contributed by atoms with Crippen molar-refractivity contribution in [1.29, 1.82) is 5.26 Å². The highest BCUT2D eigenvalue weighted by atomic mass is 19.1. The number of nitriles is 1. The number of hydrogen-bond acceptors (Lipinski definition) is 6. The maximum atomic E-state index is 16.2. The van der Waals surface area contributed by atoms with Gasteiger partial charge in [-0.05, 0) is 54.5 Å². The Kier molecular flexibility index (Phi) is 7.95. The number of aliphatic hydroxyl groups is 1. The van der Waals surface area contributed by atoms with Crippen LogP contribution in [0.15, 0.2) is 48.7 Å². The number of piperidine rings is 2. The zero-order valence-electron chi connectivity index (χ0n) is 24.8. The van der Waals surface area contributed by atoms with E-state index in [1.807, 2.05) is 27.7 Å². The fourth-order valence-electron chi connectivity index (χ4n) is 6.83. The molecule has 0 spiro atoms. The molecule has 220 valence electrons. The standard InChI is InChI=1S/C34H39FN4O3/c1-5-33(6-2,20-36)24-9-7-22(8-10-24)19-39-16-15-34(42,32(3,4)21-39)27-12-13-28-26(30(27)35)17-23(18-37-28)25-11-14-29(40)38-31(25)41/h7-10,12-13,17-18,25,42H,5-6,11,14-16,19,21H2,1-4H3,(H,38,40,41)/t25?,34-/m1/s1. The molecular weight excluding hydrogens is 531 g/mol. The number of halogens is 1. The second kappa shape index (κ2) is 11.2. The molecule has 1 aromatic heterocycles. The van der Waals surface area contributed by atoms with Crippen LogP contribution in [0.1, 0.15) is 88.0 Å². The number of aromatic nitrogens is 1. The van der Waals surface area contributed by atoms with E-state index >= 15 is 4.39 Å². The van der Waals surface area contributed by atoms with Crippen LogP contribution in [-0.2, 0) is 27.1 Å². The van der Waals surface area contributed by atoms with Gasteiger partial charge in [0, 0.05) is 48.6 Å². The zero-order valence-corrected chi connectivity index (χ0v) is 24.8. The number of nitrogens with zero attached hydrogens (tertiary/aromatic N) is 3. The van der Waals surface area contributed by atoms with Crippen molar-refractivity contribution in [2.24, 2.45) is 5.41 Å². The van der Waals surface area contributed by atoms with Gasteiger partial charge in [-0.1, -0.05) is 58.0 Å². The summed E-state index contributed by atoms with van der Waals surface area (Å²) in [6.45, 7) is 9.86. The van der Waals surface area contributed by atoms with Crippen molar-refractivity contribution in [3.05, 3.63) is 76.7 Å². The second-order valence-corrected chi connectivity index (χ2v) is 12.6. The number of amides is 2. The number of carbonyl (C=O) groups excluding carboxylic acids is 2. The SMILES string of the molecule is CCC(C#N)(CC)c1ccc(CN2CC[C@@](O)(c3ccc4ncc(C5CCC(=O)NC5=O)cc4c3F)C(C)(C)C2)cc1.